The van der Waals surface area contributed by atoms with Crippen molar-refractivity contribution in [3.8, 4) is 0 Å². The summed E-state index contributed by atoms with van der Waals surface area (Å²) in [5.41, 5.74) is 1.23. The van der Waals surface area contributed by atoms with Crippen LogP contribution in [-0.4, -0.2) is 12.5 Å². The molecule has 0 aliphatic heterocycles. The largest absolute Gasteiger partial charge is 0.352 e. The quantitative estimate of drug-likeness (QED) is 0.774. The lowest BCUT2D eigenvalue weighted by Crippen LogP contribution is -2.25. The lowest BCUT2D eigenvalue weighted by atomic mass is 10.0. The van der Waals surface area contributed by atoms with Crippen LogP contribution in [0.15, 0.2) is 43.0 Å². The maximum atomic E-state index is 10.9. The third kappa shape index (κ3) is 5.35. The molecule has 88 valence electrons. The maximum Gasteiger partial charge on any atom is 0.243 e. The Bertz CT molecular complexity index is 306. The van der Waals surface area contributed by atoms with Crippen molar-refractivity contribution in [1.82, 2.24) is 5.32 Å². The molecule has 1 unspecified atom stereocenters. The van der Waals surface area contributed by atoms with Gasteiger partial charge < -0.3 is 5.32 Å². The number of carbonyl (C=O) groups is 1. The van der Waals surface area contributed by atoms with Crippen LogP contribution >= 0.6 is 0 Å². The highest BCUT2D eigenvalue weighted by atomic mass is 16.1. The van der Waals surface area contributed by atoms with Gasteiger partial charge in [-0.2, -0.15) is 0 Å². The van der Waals surface area contributed by atoms with Gasteiger partial charge in [-0.1, -0.05) is 57.7 Å². The Morgan fingerprint density at radius 2 is 1.94 bits per heavy atom. The van der Waals surface area contributed by atoms with Crippen LogP contribution in [0.3, 0.4) is 0 Å². The van der Waals surface area contributed by atoms with E-state index in [1.165, 1.54) is 11.6 Å². The smallest absolute Gasteiger partial charge is 0.243 e. The first-order chi connectivity index (χ1) is 7.74. The molecule has 1 rings (SSSR count). The number of hydrogen-bond acceptors (Lipinski definition) is 1. The second-order valence-corrected chi connectivity index (χ2v) is 3.26. The van der Waals surface area contributed by atoms with Crippen molar-refractivity contribution >= 4 is 5.91 Å². The first kappa shape index (κ1) is 14.4. The van der Waals surface area contributed by atoms with E-state index in [2.05, 4.69) is 31.0 Å². The zero-order valence-corrected chi connectivity index (χ0v) is 10.4. The first-order valence-electron chi connectivity index (χ1n) is 5.69. The topological polar surface area (TPSA) is 29.1 Å². The summed E-state index contributed by atoms with van der Waals surface area (Å²) in [4.78, 5) is 10.9. The second kappa shape index (κ2) is 8.72. The zero-order chi connectivity index (χ0) is 12.4. The number of rotatable bonds is 4. The van der Waals surface area contributed by atoms with Gasteiger partial charge in [0.2, 0.25) is 5.91 Å². The Balaban J connectivity index is 0.00000106. The van der Waals surface area contributed by atoms with Crippen molar-refractivity contribution in [2.24, 2.45) is 0 Å². The van der Waals surface area contributed by atoms with Gasteiger partial charge in [-0.25, -0.2) is 0 Å². The third-order valence-electron chi connectivity index (χ3n) is 2.14. The van der Waals surface area contributed by atoms with E-state index < -0.39 is 0 Å². The molecule has 1 N–H and O–H groups in total. The summed E-state index contributed by atoms with van der Waals surface area (Å²) >= 11 is 0. The number of benzene rings is 1. The Hall–Kier alpha value is -1.57. The fourth-order valence-corrected chi connectivity index (χ4v) is 1.23. The van der Waals surface area contributed by atoms with Crippen LogP contribution in [0.5, 0.6) is 0 Å². The second-order valence-electron chi connectivity index (χ2n) is 3.26. The van der Waals surface area contributed by atoms with Crippen molar-refractivity contribution in [2.45, 2.75) is 26.7 Å². The molecule has 0 radical (unpaired) electrons. The Morgan fingerprint density at radius 1 is 1.38 bits per heavy atom. The summed E-state index contributed by atoms with van der Waals surface area (Å²) in [5, 5.41) is 2.77. The van der Waals surface area contributed by atoms with Gasteiger partial charge in [-0.15, -0.1) is 0 Å². The molecule has 0 bridgehead atoms. The van der Waals surface area contributed by atoms with Crippen LogP contribution < -0.4 is 5.32 Å². The summed E-state index contributed by atoms with van der Waals surface area (Å²) in [6, 6.07) is 10.1. The van der Waals surface area contributed by atoms with Crippen LogP contribution in [0.4, 0.5) is 0 Å². The lowest BCUT2D eigenvalue weighted by molar-refractivity contribution is -0.116. The van der Waals surface area contributed by atoms with E-state index in [0.717, 1.165) is 0 Å². The van der Waals surface area contributed by atoms with E-state index >= 15 is 0 Å². The maximum absolute atomic E-state index is 10.9. The highest BCUT2D eigenvalue weighted by Crippen LogP contribution is 2.12. The fourth-order valence-electron chi connectivity index (χ4n) is 1.23. The molecular weight excluding hydrogens is 198 g/mol. The fraction of sp³-hybridized carbons (Fsp3) is 0.357. The van der Waals surface area contributed by atoms with Gasteiger partial charge >= 0.3 is 0 Å². The van der Waals surface area contributed by atoms with Gasteiger partial charge in [0, 0.05) is 6.54 Å². The SMILES string of the molecule is C=CC(=O)NCC(C)c1ccccc1.CC. The molecule has 1 aromatic carbocycles. The van der Waals surface area contributed by atoms with Crippen LogP contribution in [0.25, 0.3) is 0 Å². The van der Waals surface area contributed by atoms with Gasteiger partial charge in [0.1, 0.15) is 0 Å². The predicted octanol–water partition coefficient (Wildman–Crippen LogP) is 3.12. The summed E-state index contributed by atoms with van der Waals surface area (Å²) in [6.45, 7) is 10.1. The highest BCUT2D eigenvalue weighted by molar-refractivity contribution is 5.86. The van der Waals surface area contributed by atoms with Gasteiger partial charge in [0.25, 0.3) is 0 Å². The lowest BCUT2D eigenvalue weighted by Gasteiger charge is -2.11. The molecule has 0 spiro atoms. The number of carbonyl (C=O) groups excluding carboxylic acids is 1. The Labute approximate surface area is 98.4 Å². The van der Waals surface area contributed by atoms with Gasteiger partial charge in [0.15, 0.2) is 0 Å². The molecular formula is C14H21NO. The molecule has 0 fully saturated rings. The first-order valence-corrected chi connectivity index (χ1v) is 5.69. The van der Waals surface area contributed by atoms with Crippen molar-refractivity contribution in [3.05, 3.63) is 48.6 Å². The molecule has 16 heavy (non-hydrogen) atoms. The van der Waals surface area contributed by atoms with Crippen molar-refractivity contribution in [1.29, 1.82) is 0 Å². The molecule has 0 saturated carbocycles. The molecule has 1 aromatic rings. The Kier molecular flexibility index (Phi) is 7.86. The Morgan fingerprint density at radius 3 is 2.44 bits per heavy atom. The molecule has 0 saturated heterocycles. The molecule has 2 heteroatoms. The van der Waals surface area contributed by atoms with Crippen molar-refractivity contribution < 1.29 is 4.79 Å². The van der Waals surface area contributed by atoms with Crippen LogP contribution in [-0.2, 0) is 4.79 Å². The van der Waals surface area contributed by atoms with E-state index in [9.17, 15) is 4.79 Å². The molecule has 0 aliphatic carbocycles. The van der Waals surface area contributed by atoms with Crippen molar-refractivity contribution in [2.75, 3.05) is 6.54 Å². The molecule has 1 atom stereocenters. The number of hydrogen-bond donors (Lipinski definition) is 1. The standard InChI is InChI=1S/C12H15NO.C2H6/c1-3-12(14)13-9-10(2)11-7-5-4-6-8-11;1-2/h3-8,10H,1,9H2,2H3,(H,13,14);1-2H3. The molecule has 0 aliphatic rings. The van der Waals surface area contributed by atoms with Gasteiger partial charge in [-0.05, 0) is 17.6 Å². The van der Waals surface area contributed by atoms with Crippen molar-refractivity contribution in [3.63, 3.8) is 0 Å². The summed E-state index contributed by atoms with van der Waals surface area (Å²) < 4.78 is 0. The van der Waals surface area contributed by atoms with Crippen LogP contribution in [0.1, 0.15) is 32.3 Å². The monoisotopic (exact) mass is 219 g/mol. The molecule has 0 aromatic heterocycles. The minimum atomic E-state index is -0.118. The molecule has 1 amide bonds. The van der Waals surface area contributed by atoms with Crippen LogP contribution in [0.2, 0.25) is 0 Å². The summed E-state index contributed by atoms with van der Waals surface area (Å²) in [5.74, 6) is 0.216. The average molecular weight is 219 g/mol. The average Bonchev–Trinajstić information content (AvgIpc) is 2.38. The minimum Gasteiger partial charge on any atom is -0.352 e. The summed E-state index contributed by atoms with van der Waals surface area (Å²) in [7, 11) is 0. The van der Waals surface area contributed by atoms with E-state index in [1.807, 2.05) is 32.0 Å². The third-order valence-corrected chi connectivity index (χ3v) is 2.14. The van der Waals surface area contributed by atoms with E-state index in [1.54, 1.807) is 0 Å². The number of amides is 1. The minimum absolute atomic E-state index is 0.118. The van der Waals surface area contributed by atoms with E-state index in [4.69, 9.17) is 0 Å². The molecule has 0 heterocycles. The van der Waals surface area contributed by atoms with Gasteiger partial charge in [-0.3, -0.25) is 4.79 Å². The van der Waals surface area contributed by atoms with Crippen LogP contribution in [0, 0.1) is 0 Å². The zero-order valence-electron chi connectivity index (χ0n) is 10.4. The van der Waals surface area contributed by atoms with E-state index in [0.29, 0.717) is 12.5 Å². The number of nitrogens with one attached hydrogen (secondary N) is 1. The normalized spacial score (nSPS) is 10.7. The van der Waals surface area contributed by atoms with Gasteiger partial charge in [0.05, 0.1) is 0 Å². The van der Waals surface area contributed by atoms with E-state index in [-0.39, 0.29) is 5.91 Å². The summed E-state index contributed by atoms with van der Waals surface area (Å²) in [6.07, 6.45) is 1.29. The highest BCUT2D eigenvalue weighted by Gasteiger charge is 2.04. The predicted molar refractivity (Wildman–Crippen MR) is 69.4 cm³/mol. The molecule has 2 nitrogen and oxygen atoms in total.